The molecule has 2 heterocycles. The smallest absolute Gasteiger partial charge is 0.0547 e. The highest BCUT2D eigenvalue weighted by molar-refractivity contribution is 7.28. The second kappa shape index (κ2) is 12.2. The van der Waals surface area contributed by atoms with Gasteiger partial charge in [0.15, 0.2) is 0 Å². The molecule has 53 heavy (non-hydrogen) atoms. The van der Waals surface area contributed by atoms with Gasteiger partial charge < -0.3 is 4.90 Å². The summed E-state index contributed by atoms with van der Waals surface area (Å²) in [5, 5.41) is 10.2. The zero-order valence-corrected chi connectivity index (χ0v) is 30.3. The molecule has 0 bridgehead atoms. The Morgan fingerprint density at radius 1 is 0.302 bits per heavy atom. The van der Waals surface area contributed by atoms with Crippen molar-refractivity contribution >= 4 is 102 Å². The van der Waals surface area contributed by atoms with Crippen LogP contribution in [0.3, 0.4) is 0 Å². The van der Waals surface area contributed by atoms with E-state index in [1.54, 1.807) is 0 Å². The molecule has 0 saturated carbocycles. The molecule has 1 nitrogen and oxygen atoms in total. The van der Waals surface area contributed by atoms with Gasteiger partial charge in [-0.25, -0.2) is 0 Å². The highest BCUT2D eigenvalue weighted by Gasteiger charge is 2.22. The standard InChI is InChI=1S/C50H31NS2/c1-3-15-33(16-4-1)36-24-12-25-39-40-26-13-27-41(48(40)52-47(36)39)42-28-14-29-43-44-31-46(37-22-9-10-23-38(37)50(44)53-49(42)43)51(34-19-5-2-6-20-34)45-30-11-18-32-17-7-8-21-35(32)45/h1-31H. The molecule has 0 radical (unpaired) electrons. The summed E-state index contributed by atoms with van der Waals surface area (Å²) in [6.45, 7) is 0. The monoisotopic (exact) mass is 709 g/mol. The van der Waals surface area contributed by atoms with Crippen molar-refractivity contribution < 1.29 is 0 Å². The normalized spacial score (nSPS) is 11.8. The number of hydrogen-bond acceptors (Lipinski definition) is 3. The lowest BCUT2D eigenvalue weighted by atomic mass is 9.98. The molecule has 0 amide bonds. The van der Waals surface area contributed by atoms with Gasteiger partial charge in [0.05, 0.1) is 11.4 Å². The van der Waals surface area contributed by atoms with Crippen LogP contribution in [0.5, 0.6) is 0 Å². The van der Waals surface area contributed by atoms with Crippen LogP contribution in [0.1, 0.15) is 0 Å². The van der Waals surface area contributed by atoms with Gasteiger partial charge in [-0.3, -0.25) is 0 Å². The fourth-order valence-electron chi connectivity index (χ4n) is 8.26. The molecule has 0 N–H and O–H groups in total. The molecule has 2 aromatic heterocycles. The Balaban J connectivity index is 1.18. The lowest BCUT2D eigenvalue weighted by Gasteiger charge is -2.28. The Hall–Kier alpha value is -6.26. The van der Waals surface area contributed by atoms with Crippen molar-refractivity contribution in [2.24, 2.45) is 0 Å². The topological polar surface area (TPSA) is 3.24 Å². The van der Waals surface area contributed by atoms with Crippen LogP contribution in [0.4, 0.5) is 17.1 Å². The van der Waals surface area contributed by atoms with Crippen LogP contribution in [0.25, 0.3) is 84.1 Å². The van der Waals surface area contributed by atoms with Gasteiger partial charge in [-0.2, -0.15) is 0 Å². The largest absolute Gasteiger partial charge is 0.309 e. The van der Waals surface area contributed by atoms with E-state index in [1.165, 1.54) is 95.5 Å². The van der Waals surface area contributed by atoms with Crippen molar-refractivity contribution in [2.75, 3.05) is 4.90 Å². The van der Waals surface area contributed by atoms with Crippen LogP contribution in [0, 0.1) is 0 Å². The van der Waals surface area contributed by atoms with Crippen LogP contribution < -0.4 is 4.90 Å². The predicted molar refractivity (Wildman–Crippen MR) is 233 cm³/mol. The molecule has 0 aliphatic rings. The average molecular weight is 710 g/mol. The first-order valence-electron chi connectivity index (χ1n) is 18.0. The number of benzene rings is 9. The van der Waals surface area contributed by atoms with Crippen molar-refractivity contribution in [1.29, 1.82) is 0 Å². The third-order valence-corrected chi connectivity index (χ3v) is 13.2. The van der Waals surface area contributed by atoms with Crippen LogP contribution >= 0.6 is 22.7 Å². The van der Waals surface area contributed by atoms with E-state index < -0.39 is 0 Å². The molecule has 0 aliphatic heterocycles. The second-order valence-corrected chi connectivity index (χ2v) is 15.6. The van der Waals surface area contributed by atoms with Gasteiger partial charge in [-0.15, -0.1) is 22.7 Å². The minimum Gasteiger partial charge on any atom is -0.309 e. The molecule has 3 heteroatoms. The van der Waals surface area contributed by atoms with E-state index in [4.69, 9.17) is 0 Å². The molecule has 0 fully saturated rings. The first-order valence-corrected chi connectivity index (χ1v) is 19.6. The SMILES string of the molecule is c1ccc(-c2cccc3c2sc2c(-c4cccc5c4sc4c6ccccc6c(N(c6ccccc6)c6cccc7ccccc67)cc54)cccc23)cc1. The predicted octanol–water partition coefficient (Wildman–Crippen LogP) is 15.5. The Morgan fingerprint density at radius 2 is 0.774 bits per heavy atom. The quantitative estimate of drug-likeness (QED) is 0.172. The summed E-state index contributed by atoms with van der Waals surface area (Å²) >= 11 is 3.85. The fourth-order valence-corrected chi connectivity index (χ4v) is 11.0. The van der Waals surface area contributed by atoms with Crippen molar-refractivity contribution in [3.05, 3.63) is 188 Å². The number of para-hydroxylation sites is 1. The van der Waals surface area contributed by atoms with Gasteiger partial charge in [0.25, 0.3) is 0 Å². The summed E-state index contributed by atoms with van der Waals surface area (Å²) in [5.74, 6) is 0. The molecular formula is C50H31NS2. The number of rotatable bonds is 5. The van der Waals surface area contributed by atoms with Gasteiger partial charge in [0, 0.05) is 73.3 Å². The van der Waals surface area contributed by atoms with Gasteiger partial charge in [0.1, 0.15) is 0 Å². The highest BCUT2D eigenvalue weighted by atomic mass is 32.1. The van der Waals surface area contributed by atoms with Gasteiger partial charge in [-0.1, -0.05) is 164 Å². The van der Waals surface area contributed by atoms with E-state index in [0.717, 1.165) is 5.69 Å². The lowest BCUT2D eigenvalue weighted by molar-refractivity contribution is 1.32. The summed E-state index contributed by atoms with van der Waals surface area (Å²) < 4.78 is 5.34. The van der Waals surface area contributed by atoms with E-state index in [-0.39, 0.29) is 0 Å². The Bertz CT molecular complexity index is 3170. The number of anilines is 3. The zero-order chi connectivity index (χ0) is 34.9. The first kappa shape index (κ1) is 30.4. The molecule has 0 saturated heterocycles. The van der Waals surface area contributed by atoms with E-state index >= 15 is 0 Å². The molecule has 11 aromatic rings. The van der Waals surface area contributed by atoms with Gasteiger partial charge >= 0.3 is 0 Å². The number of hydrogen-bond donors (Lipinski definition) is 0. The Morgan fingerprint density at radius 3 is 1.49 bits per heavy atom. The second-order valence-electron chi connectivity index (χ2n) is 13.6. The third kappa shape index (κ3) is 4.75. The lowest BCUT2D eigenvalue weighted by Crippen LogP contribution is -2.11. The minimum absolute atomic E-state index is 1.14. The molecule has 9 aromatic carbocycles. The van der Waals surface area contributed by atoms with Crippen molar-refractivity contribution in [3.8, 4) is 22.3 Å². The molecule has 0 atom stereocenters. The maximum Gasteiger partial charge on any atom is 0.0547 e. The van der Waals surface area contributed by atoms with Crippen LogP contribution in [-0.4, -0.2) is 0 Å². The van der Waals surface area contributed by atoms with E-state index in [0.29, 0.717) is 0 Å². The molecular weight excluding hydrogens is 679 g/mol. The number of fused-ring (bicyclic) bond motifs is 9. The molecule has 0 unspecified atom stereocenters. The Kier molecular flexibility index (Phi) is 6.97. The number of nitrogens with zero attached hydrogens (tertiary/aromatic N) is 1. The van der Waals surface area contributed by atoms with Crippen LogP contribution in [0.2, 0.25) is 0 Å². The summed E-state index contributed by atoms with van der Waals surface area (Å²) in [5.41, 5.74) is 8.64. The summed E-state index contributed by atoms with van der Waals surface area (Å²) in [6, 6.07) is 68.8. The van der Waals surface area contributed by atoms with Crippen LogP contribution in [-0.2, 0) is 0 Å². The zero-order valence-electron chi connectivity index (χ0n) is 28.7. The van der Waals surface area contributed by atoms with Crippen molar-refractivity contribution in [2.45, 2.75) is 0 Å². The molecule has 248 valence electrons. The maximum absolute atomic E-state index is 2.46. The molecule has 0 spiro atoms. The first-order chi connectivity index (χ1) is 26.3. The van der Waals surface area contributed by atoms with E-state index in [2.05, 4.69) is 193 Å². The van der Waals surface area contributed by atoms with E-state index in [9.17, 15) is 0 Å². The van der Waals surface area contributed by atoms with Crippen LogP contribution in [0.15, 0.2) is 188 Å². The van der Waals surface area contributed by atoms with Gasteiger partial charge in [-0.05, 0) is 40.8 Å². The number of thiophene rings is 2. The van der Waals surface area contributed by atoms with E-state index in [1.807, 2.05) is 22.7 Å². The summed E-state index contributed by atoms with van der Waals surface area (Å²) in [7, 11) is 0. The fraction of sp³-hybridized carbons (Fsp3) is 0. The summed E-state index contributed by atoms with van der Waals surface area (Å²) in [4.78, 5) is 2.46. The minimum atomic E-state index is 1.14. The van der Waals surface area contributed by atoms with Crippen molar-refractivity contribution in [3.63, 3.8) is 0 Å². The third-order valence-electron chi connectivity index (χ3n) is 10.6. The van der Waals surface area contributed by atoms with Gasteiger partial charge in [0.2, 0.25) is 0 Å². The highest BCUT2D eigenvalue weighted by Crippen LogP contribution is 2.51. The molecule has 0 aliphatic carbocycles. The van der Waals surface area contributed by atoms with Crippen molar-refractivity contribution in [1.82, 2.24) is 0 Å². The average Bonchev–Trinajstić information content (AvgIpc) is 3.81. The molecule has 11 rings (SSSR count). The maximum atomic E-state index is 2.46. The summed E-state index contributed by atoms with van der Waals surface area (Å²) in [6.07, 6.45) is 0. The Labute approximate surface area is 315 Å².